The summed E-state index contributed by atoms with van der Waals surface area (Å²) in [5, 5.41) is 20.1. The molecule has 0 spiro atoms. The number of carbonyl (C=O) groups excluding carboxylic acids is 1. The van der Waals surface area contributed by atoms with Crippen LogP contribution in [0.5, 0.6) is 11.6 Å². The summed E-state index contributed by atoms with van der Waals surface area (Å²) in [7, 11) is 0. The number of nitriles is 1. The van der Waals surface area contributed by atoms with Crippen LogP contribution in [0.3, 0.4) is 0 Å². The van der Waals surface area contributed by atoms with Crippen molar-refractivity contribution in [3.63, 3.8) is 0 Å². The van der Waals surface area contributed by atoms with Gasteiger partial charge in [0.1, 0.15) is 17.4 Å². The summed E-state index contributed by atoms with van der Waals surface area (Å²) in [6.45, 7) is 0. The Morgan fingerprint density at radius 1 is 1.03 bits per heavy atom. The highest BCUT2D eigenvalue weighted by molar-refractivity contribution is 6.32. The molecule has 5 rings (SSSR count). The average Bonchev–Trinajstić information content (AvgIpc) is 3.23. The summed E-state index contributed by atoms with van der Waals surface area (Å²) in [6.07, 6.45) is 5.21. The number of hydrogen-bond acceptors (Lipinski definition) is 4. The minimum atomic E-state index is -0.377. The van der Waals surface area contributed by atoms with Crippen molar-refractivity contribution >= 4 is 28.3 Å². The van der Waals surface area contributed by atoms with Crippen LogP contribution < -0.4 is 10.1 Å². The van der Waals surface area contributed by atoms with Gasteiger partial charge in [-0.05, 0) is 47.9 Å². The monoisotopic (exact) mass is 470 g/mol. The van der Waals surface area contributed by atoms with Gasteiger partial charge in [-0.15, -0.1) is 0 Å². The number of amides is 1. The van der Waals surface area contributed by atoms with Gasteiger partial charge in [-0.2, -0.15) is 15.0 Å². The molecule has 0 atom stereocenters. The standard InChI is InChI=1S/C27H23ClN4O2/c28-23-12-6-7-13-24(23)32-27(34-21-15-14-18-8-4-5-9-19(18)16-21)22(17-29)25(31-32)26(33)30-20-10-2-1-3-11-20/h4-9,12-16,20H,1-3,10-11H2,(H,30,33). The molecule has 0 unspecified atom stereocenters. The Morgan fingerprint density at radius 2 is 1.76 bits per heavy atom. The molecule has 1 saturated carbocycles. The summed E-state index contributed by atoms with van der Waals surface area (Å²) in [5.41, 5.74) is 0.623. The summed E-state index contributed by atoms with van der Waals surface area (Å²) in [5.74, 6) is 0.305. The highest BCUT2D eigenvalue weighted by Crippen LogP contribution is 2.34. The van der Waals surface area contributed by atoms with E-state index in [2.05, 4.69) is 16.5 Å². The molecular weight excluding hydrogens is 448 g/mol. The molecule has 1 fully saturated rings. The first-order valence-electron chi connectivity index (χ1n) is 11.4. The minimum absolute atomic E-state index is 0.0313. The van der Waals surface area contributed by atoms with Crippen molar-refractivity contribution in [1.29, 1.82) is 5.26 Å². The maximum absolute atomic E-state index is 13.2. The molecule has 6 nitrogen and oxygen atoms in total. The number of nitrogens with one attached hydrogen (secondary N) is 1. The number of rotatable bonds is 5. The van der Waals surface area contributed by atoms with Crippen LogP contribution in [0.25, 0.3) is 16.5 Å². The fraction of sp³-hybridized carbons (Fsp3) is 0.222. The zero-order valence-corrected chi connectivity index (χ0v) is 19.3. The highest BCUT2D eigenvalue weighted by Gasteiger charge is 2.28. The molecule has 7 heteroatoms. The summed E-state index contributed by atoms with van der Waals surface area (Å²) in [6, 6.07) is 22.9. The third kappa shape index (κ3) is 4.35. The fourth-order valence-corrected chi connectivity index (χ4v) is 4.60. The average molecular weight is 471 g/mol. The number of ether oxygens (including phenoxy) is 1. The van der Waals surface area contributed by atoms with Crippen LogP contribution in [-0.2, 0) is 0 Å². The number of carbonyl (C=O) groups is 1. The molecule has 4 aromatic rings. The van der Waals surface area contributed by atoms with E-state index in [9.17, 15) is 10.1 Å². The van der Waals surface area contributed by atoms with Crippen LogP contribution in [0.4, 0.5) is 0 Å². The van der Waals surface area contributed by atoms with Crippen LogP contribution in [0, 0.1) is 11.3 Å². The van der Waals surface area contributed by atoms with Crippen LogP contribution in [0.2, 0.25) is 5.02 Å². The molecule has 1 aliphatic carbocycles. The summed E-state index contributed by atoms with van der Waals surface area (Å²) in [4.78, 5) is 13.2. The van der Waals surface area contributed by atoms with Gasteiger partial charge in [-0.3, -0.25) is 4.79 Å². The molecule has 1 heterocycles. The molecule has 0 radical (unpaired) electrons. The van der Waals surface area contributed by atoms with Crippen molar-refractivity contribution in [2.45, 2.75) is 38.1 Å². The Bertz CT molecular complexity index is 1400. The number of benzene rings is 3. The van der Waals surface area contributed by atoms with Gasteiger partial charge in [0, 0.05) is 6.04 Å². The second-order valence-corrected chi connectivity index (χ2v) is 8.83. The largest absolute Gasteiger partial charge is 0.438 e. The second-order valence-electron chi connectivity index (χ2n) is 8.42. The second kappa shape index (κ2) is 9.58. The van der Waals surface area contributed by atoms with Crippen molar-refractivity contribution in [1.82, 2.24) is 15.1 Å². The molecule has 0 aliphatic heterocycles. The van der Waals surface area contributed by atoms with E-state index in [-0.39, 0.29) is 29.1 Å². The van der Waals surface area contributed by atoms with Crippen LogP contribution >= 0.6 is 11.6 Å². The predicted molar refractivity (Wildman–Crippen MR) is 132 cm³/mol. The first-order chi connectivity index (χ1) is 16.6. The molecule has 0 bridgehead atoms. The van der Waals surface area contributed by atoms with Crippen molar-refractivity contribution in [2.24, 2.45) is 0 Å². The summed E-state index contributed by atoms with van der Waals surface area (Å²) < 4.78 is 7.65. The van der Waals surface area contributed by atoms with E-state index in [0.717, 1.165) is 36.5 Å². The van der Waals surface area contributed by atoms with Crippen molar-refractivity contribution in [3.8, 4) is 23.4 Å². The van der Waals surface area contributed by atoms with E-state index in [1.165, 1.54) is 11.1 Å². The highest BCUT2D eigenvalue weighted by atomic mass is 35.5. The van der Waals surface area contributed by atoms with Crippen molar-refractivity contribution in [2.75, 3.05) is 0 Å². The molecule has 1 N–H and O–H groups in total. The molecule has 1 aliphatic rings. The minimum Gasteiger partial charge on any atom is -0.438 e. The first kappa shape index (κ1) is 22.0. The van der Waals surface area contributed by atoms with E-state index in [1.54, 1.807) is 18.2 Å². The molecular formula is C27H23ClN4O2. The van der Waals surface area contributed by atoms with E-state index >= 15 is 0 Å². The zero-order chi connectivity index (χ0) is 23.5. The number of aromatic nitrogens is 2. The number of halogens is 1. The van der Waals surface area contributed by atoms with Crippen molar-refractivity contribution < 1.29 is 9.53 Å². The molecule has 0 saturated heterocycles. The SMILES string of the molecule is N#Cc1c(C(=O)NC2CCCCC2)nn(-c2ccccc2Cl)c1Oc1ccc2ccccc2c1. The first-order valence-corrected chi connectivity index (χ1v) is 11.8. The third-order valence-corrected chi connectivity index (χ3v) is 6.45. The van der Waals surface area contributed by atoms with E-state index in [0.29, 0.717) is 16.5 Å². The van der Waals surface area contributed by atoms with Crippen LogP contribution in [0.1, 0.15) is 48.2 Å². The lowest BCUT2D eigenvalue weighted by molar-refractivity contribution is 0.0922. The Morgan fingerprint density at radius 3 is 2.53 bits per heavy atom. The van der Waals surface area contributed by atoms with E-state index < -0.39 is 0 Å². The topological polar surface area (TPSA) is 79.9 Å². The zero-order valence-electron chi connectivity index (χ0n) is 18.5. The van der Waals surface area contributed by atoms with Crippen molar-refractivity contribution in [3.05, 3.63) is 83.0 Å². The third-order valence-electron chi connectivity index (χ3n) is 6.13. The fourth-order valence-electron chi connectivity index (χ4n) is 4.39. The number of hydrogen-bond donors (Lipinski definition) is 1. The lowest BCUT2D eigenvalue weighted by atomic mass is 9.95. The maximum Gasteiger partial charge on any atom is 0.273 e. The number of para-hydroxylation sites is 1. The van der Waals surface area contributed by atoms with Gasteiger partial charge in [0.2, 0.25) is 5.88 Å². The Hall–Kier alpha value is -3.82. The lowest BCUT2D eigenvalue weighted by Gasteiger charge is -2.22. The van der Waals surface area contributed by atoms with Gasteiger partial charge in [0.05, 0.1) is 10.7 Å². The van der Waals surface area contributed by atoms with Gasteiger partial charge in [-0.1, -0.05) is 73.3 Å². The van der Waals surface area contributed by atoms with Crippen LogP contribution in [0.15, 0.2) is 66.7 Å². The number of fused-ring (bicyclic) bond motifs is 1. The van der Waals surface area contributed by atoms with Gasteiger partial charge in [-0.25, -0.2) is 0 Å². The van der Waals surface area contributed by atoms with Gasteiger partial charge >= 0.3 is 0 Å². The normalized spacial score (nSPS) is 14.0. The predicted octanol–water partition coefficient (Wildman–Crippen LogP) is 6.41. The number of nitrogens with zero attached hydrogens (tertiary/aromatic N) is 3. The smallest absolute Gasteiger partial charge is 0.273 e. The molecule has 3 aromatic carbocycles. The Balaban J connectivity index is 1.58. The maximum atomic E-state index is 13.2. The molecule has 170 valence electrons. The molecule has 1 amide bonds. The Labute approximate surface area is 202 Å². The van der Waals surface area contributed by atoms with E-state index in [4.69, 9.17) is 16.3 Å². The van der Waals surface area contributed by atoms with Crippen LogP contribution in [-0.4, -0.2) is 21.7 Å². The Kier molecular flexibility index (Phi) is 6.20. The molecule has 1 aromatic heterocycles. The summed E-state index contributed by atoms with van der Waals surface area (Å²) >= 11 is 6.45. The molecule has 34 heavy (non-hydrogen) atoms. The van der Waals surface area contributed by atoms with Gasteiger partial charge in [0.25, 0.3) is 5.91 Å². The van der Waals surface area contributed by atoms with E-state index in [1.807, 2.05) is 48.5 Å². The van der Waals surface area contributed by atoms with Gasteiger partial charge in [0.15, 0.2) is 5.69 Å². The quantitative estimate of drug-likeness (QED) is 0.365. The lowest BCUT2D eigenvalue weighted by Crippen LogP contribution is -2.36. The van der Waals surface area contributed by atoms with Gasteiger partial charge < -0.3 is 10.1 Å².